The third-order valence-corrected chi connectivity index (χ3v) is 4.71. The van der Waals surface area contributed by atoms with Gasteiger partial charge in [0.15, 0.2) is 0 Å². The number of nitrogens with zero attached hydrogens (tertiary/aromatic N) is 2. The van der Waals surface area contributed by atoms with E-state index in [1.54, 1.807) is 0 Å². The summed E-state index contributed by atoms with van der Waals surface area (Å²) in [6.07, 6.45) is -0.465. The molecule has 4 nitrogen and oxygen atoms in total. The zero-order valence-electron chi connectivity index (χ0n) is 11.9. The molecule has 0 aromatic heterocycles. The van der Waals surface area contributed by atoms with Gasteiger partial charge in [-0.05, 0) is 18.6 Å². The third kappa shape index (κ3) is 4.02. The monoisotopic (exact) mass is 342 g/mol. The second-order valence-electron chi connectivity index (χ2n) is 5.41. The Morgan fingerprint density at radius 3 is 2.45 bits per heavy atom. The molecule has 1 aliphatic heterocycles. The summed E-state index contributed by atoms with van der Waals surface area (Å²) in [5.41, 5.74) is 0.943. The molecule has 1 fully saturated rings. The smallest absolute Gasteiger partial charge is 0.0927 e. The molecule has 20 heavy (non-hydrogen) atoms. The van der Waals surface area contributed by atoms with Crippen LogP contribution in [0.2, 0.25) is 0 Å². The van der Waals surface area contributed by atoms with E-state index in [4.69, 9.17) is 0 Å². The van der Waals surface area contributed by atoms with Crippen molar-refractivity contribution in [3.8, 4) is 0 Å². The SMILES string of the molecule is CC(CO)N1CCN(CC(O)c2ccccc2Br)CC1. The highest BCUT2D eigenvalue weighted by Gasteiger charge is 2.22. The van der Waals surface area contributed by atoms with E-state index < -0.39 is 6.10 Å². The molecular formula is C15H23BrN2O2. The molecule has 2 rings (SSSR count). The van der Waals surface area contributed by atoms with Crippen molar-refractivity contribution in [1.82, 2.24) is 9.80 Å². The van der Waals surface area contributed by atoms with Crippen LogP contribution < -0.4 is 0 Å². The van der Waals surface area contributed by atoms with Crippen LogP contribution in [-0.4, -0.2) is 65.4 Å². The lowest BCUT2D eigenvalue weighted by Crippen LogP contribution is -2.51. The maximum absolute atomic E-state index is 10.3. The number of piperazine rings is 1. The Labute approximate surface area is 129 Å². The largest absolute Gasteiger partial charge is 0.395 e. The molecule has 1 heterocycles. The van der Waals surface area contributed by atoms with E-state index in [9.17, 15) is 10.2 Å². The van der Waals surface area contributed by atoms with Crippen molar-refractivity contribution in [2.24, 2.45) is 0 Å². The maximum Gasteiger partial charge on any atom is 0.0927 e. The lowest BCUT2D eigenvalue weighted by molar-refractivity contribution is 0.0453. The number of hydrogen-bond acceptors (Lipinski definition) is 4. The van der Waals surface area contributed by atoms with Crippen molar-refractivity contribution < 1.29 is 10.2 Å². The van der Waals surface area contributed by atoms with Crippen molar-refractivity contribution in [1.29, 1.82) is 0 Å². The number of halogens is 1. The minimum absolute atomic E-state index is 0.208. The van der Waals surface area contributed by atoms with Crippen LogP contribution >= 0.6 is 15.9 Å². The maximum atomic E-state index is 10.3. The number of aliphatic hydroxyl groups excluding tert-OH is 2. The number of benzene rings is 1. The molecule has 2 unspecified atom stereocenters. The lowest BCUT2D eigenvalue weighted by atomic mass is 10.1. The average molecular weight is 343 g/mol. The third-order valence-electron chi connectivity index (χ3n) is 3.99. The molecule has 1 aromatic carbocycles. The first-order valence-electron chi connectivity index (χ1n) is 7.11. The van der Waals surface area contributed by atoms with E-state index in [-0.39, 0.29) is 12.6 Å². The second-order valence-corrected chi connectivity index (χ2v) is 6.26. The van der Waals surface area contributed by atoms with Crippen LogP contribution in [0.15, 0.2) is 28.7 Å². The van der Waals surface area contributed by atoms with Crippen molar-refractivity contribution >= 4 is 15.9 Å². The van der Waals surface area contributed by atoms with Crippen LogP contribution in [0.1, 0.15) is 18.6 Å². The van der Waals surface area contributed by atoms with E-state index in [0.717, 1.165) is 36.2 Å². The predicted octanol–water partition coefficient (Wildman–Crippen LogP) is 1.48. The second kappa shape index (κ2) is 7.52. The van der Waals surface area contributed by atoms with Gasteiger partial charge >= 0.3 is 0 Å². The van der Waals surface area contributed by atoms with Gasteiger partial charge in [0.05, 0.1) is 12.7 Å². The fourth-order valence-electron chi connectivity index (χ4n) is 2.59. The van der Waals surface area contributed by atoms with Gasteiger partial charge in [0.1, 0.15) is 0 Å². The number of aliphatic hydroxyl groups is 2. The van der Waals surface area contributed by atoms with Gasteiger partial charge < -0.3 is 10.2 Å². The predicted molar refractivity (Wildman–Crippen MR) is 83.7 cm³/mol. The number of hydrogen-bond donors (Lipinski definition) is 2. The molecule has 0 amide bonds. The quantitative estimate of drug-likeness (QED) is 0.850. The van der Waals surface area contributed by atoms with Crippen LogP contribution in [0.3, 0.4) is 0 Å². The summed E-state index contributed by atoms with van der Waals surface area (Å²) >= 11 is 3.49. The van der Waals surface area contributed by atoms with E-state index in [1.165, 1.54) is 0 Å². The molecule has 2 N–H and O–H groups in total. The van der Waals surface area contributed by atoms with Crippen LogP contribution in [0.25, 0.3) is 0 Å². The molecule has 5 heteroatoms. The Kier molecular flexibility index (Phi) is 5.99. The minimum Gasteiger partial charge on any atom is -0.395 e. The van der Waals surface area contributed by atoms with Gasteiger partial charge in [-0.1, -0.05) is 34.1 Å². The van der Waals surface area contributed by atoms with Gasteiger partial charge in [0, 0.05) is 43.2 Å². The highest BCUT2D eigenvalue weighted by atomic mass is 79.9. The highest BCUT2D eigenvalue weighted by molar-refractivity contribution is 9.10. The molecule has 112 valence electrons. The molecular weight excluding hydrogens is 320 g/mol. The van der Waals surface area contributed by atoms with E-state index in [1.807, 2.05) is 31.2 Å². The van der Waals surface area contributed by atoms with Crippen molar-refractivity contribution in [2.75, 3.05) is 39.3 Å². The van der Waals surface area contributed by atoms with E-state index in [0.29, 0.717) is 6.54 Å². The molecule has 1 saturated heterocycles. The van der Waals surface area contributed by atoms with E-state index in [2.05, 4.69) is 25.7 Å². The summed E-state index contributed by atoms with van der Waals surface area (Å²) in [7, 11) is 0. The van der Waals surface area contributed by atoms with Gasteiger partial charge in [0.2, 0.25) is 0 Å². The minimum atomic E-state index is -0.465. The Morgan fingerprint density at radius 2 is 1.85 bits per heavy atom. The van der Waals surface area contributed by atoms with Crippen LogP contribution in [0, 0.1) is 0 Å². The normalized spacial score (nSPS) is 20.8. The molecule has 1 aliphatic rings. The van der Waals surface area contributed by atoms with E-state index >= 15 is 0 Å². The Bertz CT molecular complexity index is 422. The Balaban J connectivity index is 1.85. The van der Waals surface area contributed by atoms with Crippen LogP contribution in [0.4, 0.5) is 0 Å². The lowest BCUT2D eigenvalue weighted by Gasteiger charge is -2.38. The molecule has 0 bridgehead atoms. The first-order valence-corrected chi connectivity index (χ1v) is 7.91. The summed E-state index contributed by atoms with van der Waals surface area (Å²) in [6, 6.07) is 8.04. The molecule has 1 aromatic rings. The molecule has 0 aliphatic carbocycles. The van der Waals surface area contributed by atoms with Crippen LogP contribution in [-0.2, 0) is 0 Å². The first-order chi connectivity index (χ1) is 9.61. The van der Waals surface area contributed by atoms with Crippen molar-refractivity contribution in [3.05, 3.63) is 34.3 Å². The average Bonchev–Trinajstić information content (AvgIpc) is 2.47. The fourth-order valence-corrected chi connectivity index (χ4v) is 3.14. The molecule has 0 spiro atoms. The van der Waals surface area contributed by atoms with Crippen LogP contribution in [0.5, 0.6) is 0 Å². The fraction of sp³-hybridized carbons (Fsp3) is 0.600. The summed E-state index contributed by atoms with van der Waals surface area (Å²) in [5, 5.41) is 19.5. The highest BCUT2D eigenvalue weighted by Crippen LogP contribution is 2.24. The first kappa shape index (κ1) is 15.9. The van der Waals surface area contributed by atoms with Gasteiger partial charge in [-0.15, -0.1) is 0 Å². The van der Waals surface area contributed by atoms with Gasteiger partial charge in [-0.2, -0.15) is 0 Å². The van der Waals surface area contributed by atoms with Gasteiger partial charge in [0.25, 0.3) is 0 Å². The summed E-state index contributed by atoms with van der Waals surface area (Å²) in [6.45, 7) is 6.68. The Morgan fingerprint density at radius 1 is 1.20 bits per heavy atom. The molecule has 2 atom stereocenters. The molecule has 0 saturated carbocycles. The summed E-state index contributed by atoms with van der Waals surface area (Å²) in [5.74, 6) is 0. The van der Waals surface area contributed by atoms with Crippen molar-refractivity contribution in [2.45, 2.75) is 19.1 Å². The van der Waals surface area contributed by atoms with Gasteiger partial charge in [-0.25, -0.2) is 0 Å². The topological polar surface area (TPSA) is 46.9 Å². The molecule has 0 radical (unpaired) electrons. The summed E-state index contributed by atoms with van der Waals surface area (Å²) < 4.78 is 0.958. The summed E-state index contributed by atoms with van der Waals surface area (Å²) in [4.78, 5) is 4.58. The Hall–Kier alpha value is -0.460. The standard InChI is InChI=1S/C15H23BrN2O2/c1-12(11-19)18-8-6-17(7-9-18)10-15(20)13-4-2-3-5-14(13)16/h2-5,12,15,19-20H,6-11H2,1H3. The van der Waals surface area contributed by atoms with Gasteiger partial charge in [-0.3, -0.25) is 9.80 Å². The number of β-amino-alcohol motifs (C(OH)–C–C–N with tert-alkyl or cyclic N) is 1. The zero-order valence-corrected chi connectivity index (χ0v) is 13.5. The zero-order chi connectivity index (χ0) is 14.5. The van der Waals surface area contributed by atoms with Crippen molar-refractivity contribution in [3.63, 3.8) is 0 Å². The number of rotatable bonds is 5.